The monoisotopic (exact) mass is 279 g/mol. The molecule has 16 heavy (non-hydrogen) atoms. The summed E-state index contributed by atoms with van der Waals surface area (Å²) < 4.78 is 5.81. The number of rotatable bonds is 4. The molecule has 0 aliphatic rings. The van der Waals surface area contributed by atoms with Crippen molar-refractivity contribution in [3.8, 4) is 5.75 Å². The fourth-order valence-electron chi connectivity index (χ4n) is 1.57. The normalized spacial score (nSPS) is 12.6. The van der Waals surface area contributed by atoms with Crippen molar-refractivity contribution in [2.75, 3.05) is 5.33 Å². The predicted octanol–water partition coefficient (Wildman–Crippen LogP) is 3.79. The number of hydrogen-bond acceptors (Lipinski definition) is 2. The van der Waals surface area contributed by atoms with Crippen LogP contribution in [0, 0.1) is 0 Å². The van der Waals surface area contributed by atoms with Gasteiger partial charge in [0.2, 0.25) is 0 Å². The smallest absolute Gasteiger partial charge is 0.120 e. The molecule has 3 heteroatoms. The van der Waals surface area contributed by atoms with Crippen molar-refractivity contribution in [2.45, 2.75) is 19.4 Å². The van der Waals surface area contributed by atoms with Crippen molar-refractivity contribution in [1.82, 2.24) is 4.98 Å². The van der Waals surface area contributed by atoms with E-state index in [2.05, 4.69) is 27.8 Å². The standard InChI is InChI=1S/C13H14BrNO/c1-10(6-7-14)16-12-4-5-13-11(9-12)3-2-8-15-13/h2-5,8-10H,6-7H2,1H3. The molecule has 0 fully saturated rings. The number of aromatic nitrogens is 1. The van der Waals surface area contributed by atoms with Gasteiger partial charge in [-0.05, 0) is 37.6 Å². The van der Waals surface area contributed by atoms with E-state index in [-0.39, 0.29) is 6.10 Å². The van der Waals surface area contributed by atoms with Crippen LogP contribution >= 0.6 is 15.9 Å². The second-order valence-electron chi connectivity index (χ2n) is 3.76. The highest BCUT2D eigenvalue weighted by Crippen LogP contribution is 2.20. The first-order valence-corrected chi connectivity index (χ1v) is 6.49. The van der Waals surface area contributed by atoms with Gasteiger partial charge in [0.05, 0.1) is 11.6 Å². The van der Waals surface area contributed by atoms with Crippen molar-refractivity contribution in [3.63, 3.8) is 0 Å². The minimum atomic E-state index is 0.230. The number of halogens is 1. The maximum absolute atomic E-state index is 5.81. The van der Waals surface area contributed by atoms with E-state index in [1.807, 2.05) is 30.3 Å². The Morgan fingerprint density at radius 1 is 1.38 bits per heavy atom. The molecule has 0 amide bonds. The molecule has 0 bridgehead atoms. The maximum Gasteiger partial charge on any atom is 0.120 e. The molecule has 1 aromatic heterocycles. The molecule has 84 valence electrons. The second kappa shape index (κ2) is 5.30. The quantitative estimate of drug-likeness (QED) is 0.795. The van der Waals surface area contributed by atoms with Crippen molar-refractivity contribution < 1.29 is 4.74 Å². The third-order valence-corrected chi connectivity index (χ3v) is 2.89. The van der Waals surface area contributed by atoms with Crippen LogP contribution in [0.25, 0.3) is 10.9 Å². The van der Waals surface area contributed by atoms with Crippen molar-refractivity contribution in [2.24, 2.45) is 0 Å². The van der Waals surface area contributed by atoms with Crippen LogP contribution in [-0.2, 0) is 0 Å². The Bertz CT molecular complexity index is 472. The van der Waals surface area contributed by atoms with E-state index >= 15 is 0 Å². The van der Waals surface area contributed by atoms with Gasteiger partial charge < -0.3 is 4.74 Å². The zero-order chi connectivity index (χ0) is 11.4. The molecule has 2 rings (SSSR count). The molecule has 1 heterocycles. The Morgan fingerprint density at radius 2 is 2.25 bits per heavy atom. The Hall–Kier alpha value is -1.09. The minimum Gasteiger partial charge on any atom is -0.491 e. The molecular formula is C13H14BrNO. The maximum atomic E-state index is 5.81. The number of hydrogen-bond donors (Lipinski definition) is 0. The summed E-state index contributed by atoms with van der Waals surface area (Å²) in [4.78, 5) is 4.27. The first-order chi connectivity index (χ1) is 7.79. The highest BCUT2D eigenvalue weighted by molar-refractivity contribution is 9.09. The number of alkyl halides is 1. The minimum absolute atomic E-state index is 0.230. The van der Waals surface area contributed by atoms with Gasteiger partial charge in [0.25, 0.3) is 0 Å². The second-order valence-corrected chi connectivity index (χ2v) is 4.56. The Kier molecular flexibility index (Phi) is 3.78. The molecule has 0 aliphatic heterocycles. The first-order valence-electron chi connectivity index (χ1n) is 5.37. The van der Waals surface area contributed by atoms with E-state index in [1.54, 1.807) is 6.20 Å². The van der Waals surface area contributed by atoms with Gasteiger partial charge in [0.1, 0.15) is 5.75 Å². The summed E-state index contributed by atoms with van der Waals surface area (Å²) in [6.45, 7) is 2.08. The summed E-state index contributed by atoms with van der Waals surface area (Å²) in [5, 5.41) is 2.08. The lowest BCUT2D eigenvalue weighted by atomic mass is 10.2. The summed E-state index contributed by atoms with van der Waals surface area (Å²) in [6, 6.07) is 9.98. The van der Waals surface area contributed by atoms with Gasteiger partial charge in [-0.3, -0.25) is 4.98 Å². The van der Waals surface area contributed by atoms with Crippen LogP contribution in [0.5, 0.6) is 5.75 Å². The van der Waals surface area contributed by atoms with Gasteiger partial charge in [-0.2, -0.15) is 0 Å². The molecule has 0 radical (unpaired) electrons. The van der Waals surface area contributed by atoms with Crippen LogP contribution in [-0.4, -0.2) is 16.4 Å². The van der Waals surface area contributed by atoms with E-state index in [1.165, 1.54) is 0 Å². The number of ether oxygens (including phenoxy) is 1. The molecule has 0 spiro atoms. The van der Waals surface area contributed by atoms with Gasteiger partial charge in [-0.1, -0.05) is 22.0 Å². The summed E-state index contributed by atoms with van der Waals surface area (Å²) in [6.07, 6.45) is 3.04. The van der Waals surface area contributed by atoms with E-state index in [9.17, 15) is 0 Å². The first kappa shape index (κ1) is 11.4. The van der Waals surface area contributed by atoms with E-state index in [0.717, 1.165) is 28.4 Å². The fraction of sp³-hybridized carbons (Fsp3) is 0.308. The Morgan fingerprint density at radius 3 is 3.06 bits per heavy atom. The molecule has 2 aromatic rings. The van der Waals surface area contributed by atoms with Crippen LogP contribution in [0.1, 0.15) is 13.3 Å². The average Bonchev–Trinajstić information content (AvgIpc) is 2.29. The predicted molar refractivity (Wildman–Crippen MR) is 70.2 cm³/mol. The molecule has 0 N–H and O–H groups in total. The van der Waals surface area contributed by atoms with Gasteiger partial charge in [0, 0.05) is 16.9 Å². The Labute approximate surface area is 104 Å². The lowest BCUT2D eigenvalue weighted by Gasteiger charge is -2.13. The number of fused-ring (bicyclic) bond motifs is 1. The summed E-state index contributed by atoms with van der Waals surface area (Å²) >= 11 is 3.41. The van der Waals surface area contributed by atoms with Gasteiger partial charge in [-0.25, -0.2) is 0 Å². The van der Waals surface area contributed by atoms with E-state index in [0.29, 0.717) is 0 Å². The number of nitrogens with zero attached hydrogens (tertiary/aromatic N) is 1. The molecule has 1 atom stereocenters. The molecule has 0 saturated heterocycles. The molecule has 1 aromatic carbocycles. The molecule has 1 unspecified atom stereocenters. The molecule has 0 saturated carbocycles. The van der Waals surface area contributed by atoms with E-state index < -0.39 is 0 Å². The summed E-state index contributed by atoms with van der Waals surface area (Å²) in [7, 11) is 0. The summed E-state index contributed by atoms with van der Waals surface area (Å²) in [5.74, 6) is 0.911. The highest BCUT2D eigenvalue weighted by atomic mass is 79.9. The Balaban J connectivity index is 2.19. The van der Waals surface area contributed by atoms with Crippen molar-refractivity contribution in [1.29, 1.82) is 0 Å². The number of benzene rings is 1. The average molecular weight is 280 g/mol. The van der Waals surface area contributed by atoms with Gasteiger partial charge in [-0.15, -0.1) is 0 Å². The SMILES string of the molecule is CC(CCBr)Oc1ccc2ncccc2c1. The lowest BCUT2D eigenvalue weighted by molar-refractivity contribution is 0.219. The van der Waals surface area contributed by atoms with Crippen LogP contribution < -0.4 is 4.74 Å². The highest BCUT2D eigenvalue weighted by Gasteiger charge is 2.03. The van der Waals surface area contributed by atoms with Crippen molar-refractivity contribution in [3.05, 3.63) is 36.5 Å². The zero-order valence-corrected chi connectivity index (χ0v) is 10.8. The molecular weight excluding hydrogens is 266 g/mol. The topological polar surface area (TPSA) is 22.1 Å². The molecule has 2 nitrogen and oxygen atoms in total. The lowest BCUT2D eigenvalue weighted by Crippen LogP contribution is -2.11. The zero-order valence-electron chi connectivity index (χ0n) is 9.19. The molecule has 0 aliphatic carbocycles. The summed E-state index contributed by atoms with van der Waals surface area (Å²) in [5.41, 5.74) is 1.00. The van der Waals surface area contributed by atoms with Crippen LogP contribution in [0.3, 0.4) is 0 Å². The van der Waals surface area contributed by atoms with Gasteiger partial charge in [0.15, 0.2) is 0 Å². The largest absolute Gasteiger partial charge is 0.491 e. The van der Waals surface area contributed by atoms with Crippen molar-refractivity contribution >= 4 is 26.8 Å². The van der Waals surface area contributed by atoms with Gasteiger partial charge >= 0.3 is 0 Å². The van der Waals surface area contributed by atoms with E-state index in [4.69, 9.17) is 4.74 Å². The number of pyridine rings is 1. The van der Waals surface area contributed by atoms with Crippen LogP contribution in [0.2, 0.25) is 0 Å². The third-order valence-electron chi connectivity index (χ3n) is 2.43. The fourth-order valence-corrected chi connectivity index (χ4v) is 2.22. The third kappa shape index (κ3) is 2.73. The van der Waals surface area contributed by atoms with Crippen LogP contribution in [0.4, 0.5) is 0 Å². The van der Waals surface area contributed by atoms with Crippen LogP contribution in [0.15, 0.2) is 36.5 Å².